The monoisotopic (exact) mass is 751 g/mol. The molecular weight excluding hydrogens is 711 g/mol. The van der Waals surface area contributed by atoms with Gasteiger partial charge >= 0.3 is 0 Å². The number of benzene rings is 9. The molecule has 3 aliphatic carbocycles. The van der Waals surface area contributed by atoms with Gasteiger partial charge in [-0.25, -0.2) is 0 Å². The summed E-state index contributed by atoms with van der Waals surface area (Å²) in [5, 5.41) is 0. The Bertz CT molecular complexity index is 3120. The molecule has 0 heterocycles. The highest BCUT2D eigenvalue weighted by Crippen LogP contribution is 2.65. The Hall–Kier alpha value is -7.22. The molecule has 59 heavy (non-hydrogen) atoms. The Morgan fingerprint density at radius 1 is 0.305 bits per heavy atom. The molecule has 3 aliphatic rings. The maximum absolute atomic E-state index is 2.47. The SMILES string of the molecule is CC1(C)c2ccccc2-c2ccc(N(c3ccc(-c4ccccc4)cc3)c3cccc(C45c6ccccc6-c6cccc(c64)-c4cc(-c6ccccc6)ccc45)c3)cc21. The molecule has 0 N–H and O–H groups in total. The Morgan fingerprint density at radius 3 is 1.56 bits per heavy atom. The highest BCUT2D eigenvalue weighted by Gasteiger charge is 2.52. The van der Waals surface area contributed by atoms with Crippen LogP contribution in [0.15, 0.2) is 212 Å². The van der Waals surface area contributed by atoms with Crippen LogP contribution in [-0.2, 0) is 10.8 Å². The Labute approximate surface area is 346 Å². The molecule has 278 valence electrons. The lowest BCUT2D eigenvalue weighted by Gasteiger charge is -2.33. The summed E-state index contributed by atoms with van der Waals surface area (Å²) in [5.74, 6) is 0. The van der Waals surface area contributed by atoms with E-state index in [0.717, 1.165) is 17.1 Å². The van der Waals surface area contributed by atoms with Crippen LogP contribution in [0.3, 0.4) is 0 Å². The summed E-state index contributed by atoms with van der Waals surface area (Å²) in [4.78, 5) is 2.47. The largest absolute Gasteiger partial charge is 0.310 e. The predicted molar refractivity (Wildman–Crippen MR) is 246 cm³/mol. The fourth-order valence-corrected chi connectivity index (χ4v) is 10.8. The summed E-state index contributed by atoms with van der Waals surface area (Å²) in [6.45, 7) is 4.74. The van der Waals surface area contributed by atoms with E-state index >= 15 is 0 Å². The summed E-state index contributed by atoms with van der Waals surface area (Å²) < 4.78 is 0. The van der Waals surface area contributed by atoms with E-state index in [0.29, 0.717) is 0 Å². The van der Waals surface area contributed by atoms with Gasteiger partial charge in [-0.15, -0.1) is 0 Å². The fourth-order valence-electron chi connectivity index (χ4n) is 10.8. The quantitative estimate of drug-likeness (QED) is 0.164. The van der Waals surface area contributed by atoms with Crippen molar-refractivity contribution in [3.8, 4) is 55.6 Å². The summed E-state index contributed by atoms with van der Waals surface area (Å²) in [6, 6.07) is 79.2. The van der Waals surface area contributed by atoms with Crippen LogP contribution >= 0.6 is 0 Å². The molecule has 0 aromatic heterocycles. The van der Waals surface area contributed by atoms with Gasteiger partial charge in [0.15, 0.2) is 0 Å². The fraction of sp³-hybridized carbons (Fsp3) is 0.0690. The van der Waals surface area contributed by atoms with Gasteiger partial charge in [0.05, 0.1) is 5.41 Å². The second-order valence-electron chi connectivity index (χ2n) is 16.8. The Morgan fingerprint density at radius 2 is 0.814 bits per heavy atom. The smallest absolute Gasteiger partial charge is 0.0726 e. The van der Waals surface area contributed by atoms with Crippen LogP contribution < -0.4 is 4.90 Å². The molecule has 1 unspecified atom stereocenters. The summed E-state index contributed by atoms with van der Waals surface area (Å²) in [7, 11) is 0. The Balaban J connectivity index is 1.08. The molecular formula is C58H41N. The van der Waals surface area contributed by atoms with E-state index in [4.69, 9.17) is 0 Å². The number of nitrogens with zero attached hydrogens (tertiary/aromatic N) is 1. The van der Waals surface area contributed by atoms with Crippen molar-refractivity contribution in [2.24, 2.45) is 0 Å². The van der Waals surface area contributed by atoms with Gasteiger partial charge in [-0.3, -0.25) is 0 Å². The van der Waals surface area contributed by atoms with E-state index in [2.05, 4.69) is 231 Å². The van der Waals surface area contributed by atoms with E-state index in [1.54, 1.807) is 0 Å². The molecule has 1 nitrogen and oxygen atoms in total. The maximum atomic E-state index is 2.47. The predicted octanol–water partition coefficient (Wildman–Crippen LogP) is 15.1. The van der Waals surface area contributed by atoms with Crippen LogP contribution in [0.2, 0.25) is 0 Å². The zero-order valence-electron chi connectivity index (χ0n) is 33.2. The standard InChI is InChI=1S/C58H41N/c1-57(2)52-25-11-9-21-46(52)48-33-32-45(37-55(48)57)59(43-30-27-40(28-31-43)38-15-5-3-6-16-38)44-20-13-19-42(36-44)58-53-26-12-10-22-47(53)49-23-14-24-50(56(49)58)51-35-41(29-34-54(51)58)39-17-7-4-8-18-39/h3-37H,1-2H3. The molecule has 0 fully saturated rings. The molecule has 0 saturated carbocycles. The van der Waals surface area contributed by atoms with Gasteiger partial charge in [0.25, 0.3) is 0 Å². The van der Waals surface area contributed by atoms with Crippen LogP contribution in [0.5, 0.6) is 0 Å². The number of rotatable bonds is 6. The van der Waals surface area contributed by atoms with E-state index < -0.39 is 5.41 Å². The average molecular weight is 752 g/mol. The molecule has 9 aromatic carbocycles. The minimum absolute atomic E-state index is 0.120. The third-order valence-electron chi connectivity index (χ3n) is 13.5. The first-order valence-corrected chi connectivity index (χ1v) is 20.8. The number of fused-ring (bicyclic) bond motifs is 9. The van der Waals surface area contributed by atoms with Crippen molar-refractivity contribution >= 4 is 17.1 Å². The highest BCUT2D eigenvalue weighted by atomic mass is 15.1. The van der Waals surface area contributed by atoms with Crippen LogP contribution in [0.25, 0.3) is 55.6 Å². The second kappa shape index (κ2) is 12.6. The number of hydrogen-bond acceptors (Lipinski definition) is 1. The van der Waals surface area contributed by atoms with Crippen LogP contribution in [0.4, 0.5) is 17.1 Å². The van der Waals surface area contributed by atoms with Crippen molar-refractivity contribution in [2.75, 3.05) is 4.90 Å². The molecule has 9 aromatic rings. The van der Waals surface area contributed by atoms with Gasteiger partial charge in [0, 0.05) is 22.5 Å². The van der Waals surface area contributed by atoms with Crippen LogP contribution in [0.1, 0.15) is 47.2 Å². The van der Waals surface area contributed by atoms with Gasteiger partial charge in [0.1, 0.15) is 0 Å². The first-order chi connectivity index (χ1) is 29.0. The van der Waals surface area contributed by atoms with Crippen molar-refractivity contribution in [1.29, 1.82) is 0 Å². The first-order valence-electron chi connectivity index (χ1n) is 20.8. The topological polar surface area (TPSA) is 3.24 Å². The van der Waals surface area contributed by atoms with Gasteiger partial charge in [-0.1, -0.05) is 184 Å². The van der Waals surface area contributed by atoms with Crippen molar-refractivity contribution in [3.05, 3.63) is 246 Å². The van der Waals surface area contributed by atoms with Gasteiger partial charge in [-0.2, -0.15) is 0 Å². The van der Waals surface area contributed by atoms with Gasteiger partial charge < -0.3 is 4.90 Å². The third kappa shape index (κ3) is 4.79. The maximum Gasteiger partial charge on any atom is 0.0726 e. The molecule has 0 aliphatic heterocycles. The molecule has 12 rings (SSSR count). The molecule has 1 atom stereocenters. The van der Waals surface area contributed by atoms with E-state index in [1.165, 1.54) is 89.0 Å². The minimum Gasteiger partial charge on any atom is -0.310 e. The number of hydrogen-bond donors (Lipinski definition) is 0. The lowest BCUT2D eigenvalue weighted by molar-refractivity contribution is 0.660. The molecule has 0 radical (unpaired) electrons. The average Bonchev–Trinajstić information content (AvgIpc) is 3.86. The molecule has 0 bridgehead atoms. The molecule has 0 spiro atoms. The summed E-state index contributed by atoms with van der Waals surface area (Å²) in [6.07, 6.45) is 0. The molecule has 0 amide bonds. The Kier molecular flexibility index (Phi) is 7.26. The molecule has 0 saturated heterocycles. The first kappa shape index (κ1) is 33.9. The number of anilines is 3. The lowest BCUT2D eigenvalue weighted by atomic mass is 9.70. The van der Waals surface area contributed by atoms with Crippen molar-refractivity contribution in [1.82, 2.24) is 0 Å². The van der Waals surface area contributed by atoms with Gasteiger partial charge in [-0.05, 0) is 131 Å². The second-order valence-corrected chi connectivity index (χ2v) is 16.8. The highest BCUT2D eigenvalue weighted by molar-refractivity contribution is 6.00. The van der Waals surface area contributed by atoms with Crippen LogP contribution in [-0.4, -0.2) is 0 Å². The van der Waals surface area contributed by atoms with Crippen molar-refractivity contribution < 1.29 is 0 Å². The van der Waals surface area contributed by atoms with Crippen LogP contribution in [0, 0.1) is 0 Å². The lowest BCUT2D eigenvalue weighted by Crippen LogP contribution is -2.26. The zero-order valence-corrected chi connectivity index (χ0v) is 33.2. The molecule has 1 heteroatoms. The van der Waals surface area contributed by atoms with Crippen molar-refractivity contribution in [2.45, 2.75) is 24.7 Å². The van der Waals surface area contributed by atoms with Gasteiger partial charge in [0.2, 0.25) is 0 Å². The minimum atomic E-state index is -0.465. The third-order valence-corrected chi connectivity index (χ3v) is 13.5. The van der Waals surface area contributed by atoms with Crippen molar-refractivity contribution in [3.63, 3.8) is 0 Å². The summed E-state index contributed by atoms with van der Waals surface area (Å²) in [5.41, 5.74) is 23.8. The van der Waals surface area contributed by atoms with E-state index in [9.17, 15) is 0 Å². The normalized spacial score (nSPS) is 15.8. The summed E-state index contributed by atoms with van der Waals surface area (Å²) >= 11 is 0. The van der Waals surface area contributed by atoms with E-state index in [1.807, 2.05) is 0 Å². The van der Waals surface area contributed by atoms with E-state index in [-0.39, 0.29) is 5.41 Å². The zero-order chi connectivity index (χ0) is 39.3.